The highest BCUT2D eigenvalue weighted by atomic mass is 35.5. The summed E-state index contributed by atoms with van der Waals surface area (Å²) in [5.74, 6) is -2.41. The topological polar surface area (TPSA) is 63.6 Å². The number of halogens is 2. The Morgan fingerprint density at radius 3 is 2.33 bits per heavy atom. The van der Waals surface area contributed by atoms with Crippen LogP contribution in [0.4, 0.5) is 0 Å². The average molecular weight is 249 g/mol. The van der Waals surface area contributed by atoms with Crippen molar-refractivity contribution in [1.29, 1.82) is 0 Å². The molecule has 0 radical (unpaired) electrons. The molecule has 0 saturated heterocycles. The van der Waals surface area contributed by atoms with Crippen molar-refractivity contribution in [2.45, 2.75) is 0 Å². The van der Waals surface area contributed by atoms with Crippen molar-refractivity contribution in [3.8, 4) is 5.75 Å². The van der Waals surface area contributed by atoms with Gasteiger partial charge in [0.1, 0.15) is 5.75 Å². The lowest BCUT2D eigenvalue weighted by Crippen LogP contribution is -2.13. The average Bonchev–Trinajstić information content (AvgIpc) is 2.19. The van der Waals surface area contributed by atoms with E-state index in [1.807, 2.05) is 0 Å². The Kier molecular flexibility index (Phi) is 3.55. The minimum Gasteiger partial charge on any atom is -0.495 e. The smallest absolute Gasteiger partial charge is 0.377 e. The van der Waals surface area contributed by atoms with Crippen molar-refractivity contribution in [3.63, 3.8) is 0 Å². The first-order chi connectivity index (χ1) is 6.97. The molecule has 1 rings (SSSR count). The van der Waals surface area contributed by atoms with E-state index in [1.165, 1.54) is 19.2 Å². The molecule has 80 valence electrons. The standard InChI is InChI=1S/C9H6Cl2O4/c1-15-7-3-5(10)4(2-6(7)11)8(12)9(13)14/h2-3H,1H3,(H,13,14). The second-order valence-electron chi connectivity index (χ2n) is 2.60. The van der Waals surface area contributed by atoms with Gasteiger partial charge in [0.2, 0.25) is 0 Å². The van der Waals surface area contributed by atoms with Crippen LogP contribution < -0.4 is 4.74 Å². The van der Waals surface area contributed by atoms with E-state index in [-0.39, 0.29) is 21.4 Å². The number of benzene rings is 1. The third-order valence-corrected chi connectivity index (χ3v) is 2.29. The number of carboxylic acid groups (broad SMARTS) is 1. The van der Waals surface area contributed by atoms with Crippen LogP contribution in [-0.2, 0) is 4.79 Å². The van der Waals surface area contributed by atoms with E-state index in [2.05, 4.69) is 0 Å². The number of aliphatic carboxylic acids is 1. The minimum atomic E-state index is -1.59. The van der Waals surface area contributed by atoms with Crippen LogP contribution in [0.25, 0.3) is 0 Å². The third-order valence-electron chi connectivity index (χ3n) is 1.68. The van der Waals surface area contributed by atoms with Gasteiger partial charge >= 0.3 is 5.97 Å². The van der Waals surface area contributed by atoms with Crippen LogP contribution in [0.1, 0.15) is 10.4 Å². The molecule has 1 aromatic carbocycles. The van der Waals surface area contributed by atoms with E-state index >= 15 is 0 Å². The Labute approximate surface area is 95.4 Å². The zero-order valence-electron chi connectivity index (χ0n) is 7.58. The van der Waals surface area contributed by atoms with Crippen molar-refractivity contribution in [2.24, 2.45) is 0 Å². The SMILES string of the molecule is COc1cc(Cl)c(C(=O)C(=O)O)cc1Cl. The van der Waals surface area contributed by atoms with Crippen LogP contribution in [0, 0.1) is 0 Å². The van der Waals surface area contributed by atoms with Gasteiger partial charge in [-0.3, -0.25) is 4.79 Å². The number of ketones is 1. The number of carboxylic acids is 1. The number of rotatable bonds is 3. The molecular weight excluding hydrogens is 243 g/mol. The van der Waals surface area contributed by atoms with Gasteiger partial charge in [0.05, 0.1) is 17.2 Å². The fourth-order valence-electron chi connectivity index (χ4n) is 0.974. The first kappa shape index (κ1) is 11.8. The zero-order valence-corrected chi connectivity index (χ0v) is 9.09. The van der Waals surface area contributed by atoms with E-state index in [0.717, 1.165) is 0 Å². The fraction of sp³-hybridized carbons (Fsp3) is 0.111. The summed E-state index contributed by atoms with van der Waals surface area (Å²) < 4.78 is 4.85. The number of carbonyl (C=O) groups excluding carboxylic acids is 1. The van der Waals surface area contributed by atoms with Gasteiger partial charge in [0.15, 0.2) is 0 Å². The molecule has 1 N–H and O–H groups in total. The summed E-state index contributed by atoms with van der Waals surface area (Å²) in [7, 11) is 1.39. The molecule has 0 aromatic heterocycles. The van der Waals surface area contributed by atoms with Crippen LogP contribution in [-0.4, -0.2) is 24.0 Å². The van der Waals surface area contributed by atoms with Gasteiger partial charge in [0, 0.05) is 11.6 Å². The third kappa shape index (κ3) is 2.40. The van der Waals surface area contributed by atoms with Gasteiger partial charge in [0.25, 0.3) is 5.78 Å². The molecule has 0 aliphatic rings. The van der Waals surface area contributed by atoms with Crippen LogP contribution >= 0.6 is 23.2 Å². The van der Waals surface area contributed by atoms with Crippen LogP contribution in [0.5, 0.6) is 5.75 Å². The molecule has 4 nitrogen and oxygen atoms in total. The van der Waals surface area contributed by atoms with E-state index in [0.29, 0.717) is 0 Å². The molecule has 0 spiro atoms. The Hall–Kier alpha value is -1.26. The van der Waals surface area contributed by atoms with E-state index in [1.54, 1.807) is 0 Å². The highest BCUT2D eigenvalue weighted by molar-refractivity contribution is 6.46. The van der Waals surface area contributed by atoms with Crippen molar-refractivity contribution < 1.29 is 19.4 Å². The lowest BCUT2D eigenvalue weighted by molar-refractivity contribution is -0.131. The van der Waals surface area contributed by atoms with Crippen molar-refractivity contribution in [1.82, 2.24) is 0 Å². The highest BCUT2D eigenvalue weighted by Crippen LogP contribution is 2.31. The second-order valence-corrected chi connectivity index (χ2v) is 3.42. The van der Waals surface area contributed by atoms with Gasteiger partial charge < -0.3 is 9.84 Å². The minimum absolute atomic E-state index is 0.0105. The second kappa shape index (κ2) is 4.51. The number of Topliss-reactive ketones (excluding diaryl/α,β-unsaturated/α-hetero) is 1. The first-order valence-electron chi connectivity index (χ1n) is 3.78. The van der Waals surface area contributed by atoms with Crippen molar-refractivity contribution in [2.75, 3.05) is 7.11 Å². The normalized spacial score (nSPS) is 9.80. The summed E-state index contributed by atoms with van der Waals surface area (Å²) in [5, 5.41) is 8.62. The predicted molar refractivity (Wildman–Crippen MR) is 55.0 cm³/mol. The molecule has 0 amide bonds. The zero-order chi connectivity index (χ0) is 11.6. The van der Waals surface area contributed by atoms with Crippen LogP contribution in [0.15, 0.2) is 12.1 Å². The van der Waals surface area contributed by atoms with E-state index < -0.39 is 11.8 Å². The molecule has 0 bridgehead atoms. The monoisotopic (exact) mass is 248 g/mol. The maximum atomic E-state index is 11.1. The Morgan fingerprint density at radius 2 is 1.87 bits per heavy atom. The van der Waals surface area contributed by atoms with Crippen molar-refractivity contribution >= 4 is 35.0 Å². The summed E-state index contributed by atoms with van der Waals surface area (Å²) >= 11 is 11.4. The van der Waals surface area contributed by atoms with Gasteiger partial charge in [-0.2, -0.15) is 0 Å². The van der Waals surface area contributed by atoms with Gasteiger partial charge in [-0.1, -0.05) is 23.2 Å². The molecule has 0 unspecified atom stereocenters. The summed E-state index contributed by atoms with van der Waals surface area (Å²) in [6.45, 7) is 0. The summed E-state index contributed by atoms with van der Waals surface area (Å²) in [4.78, 5) is 21.6. The maximum Gasteiger partial charge on any atom is 0.377 e. The van der Waals surface area contributed by atoms with Crippen molar-refractivity contribution in [3.05, 3.63) is 27.7 Å². The molecule has 0 saturated carbocycles. The molecule has 15 heavy (non-hydrogen) atoms. The summed E-state index contributed by atoms with van der Waals surface area (Å²) in [6, 6.07) is 2.46. The fourth-order valence-corrected chi connectivity index (χ4v) is 1.45. The van der Waals surface area contributed by atoms with Crippen LogP contribution in [0.3, 0.4) is 0 Å². The molecule has 0 heterocycles. The lowest BCUT2D eigenvalue weighted by Gasteiger charge is -2.06. The summed E-state index contributed by atoms with van der Waals surface area (Å²) in [6.07, 6.45) is 0. The number of hydrogen-bond donors (Lipinski definition) is 1. The number of methoxy groups -OCH3 is 1. The maximum absolute atomic E-state index is 11.1. The van der Waals surface area contributed by atoms with Gasteiger partial charge in [-0.15, -0.1) is 0 Å². The highest BCUT2D eigenvalue weighted by Gasteiger charge is 2.20. The van der Waals surface area contributed by atoms with Gasteiger partial charge in [-0.25, -0.2) is 4.79 Å². The Morgan fingerprint density at radius 1 is 1.27 bits per heavy atom. The molecule has 1 aromatic rings. The molecule has 0 fully saturated rings. The first-order valence-corrected chi connectivity index (χ1v) is 4.53. The molecule has 6 heteroatoms. The van der Waals surface area contributed by atoms with E-state index in [4.69, 9.17) is 33.0 Å². The molecule has 0 aliphatic heterocycles. The van der Waals surface area contributed by atoms with Gasteiger partial charge in [-0.05, 0) is 6.07 Å². The largest absolute Gasteiger partial charge is 0.495 e. The number of hydrogen-bond acceptors (Lipinski definition) is 3. The molecule has 0 aliphatic carbocycles. The van der Waals surface area contributed by atoms with E-state index in [9.17, 15) is 9.59 Å². The van der Waals surface area contributed by atoms with Crippen LogP contribution in [0.2, 0.25) is 10.0 Å². The number of ether oxygens (including phenoxy) is 1. The summed E-state index contributed by atoms with van der Waals surface area (Å²) in [5.41, 5.74) is -0.157. The Balaban J connectivity index is 3.28. The molecular formula is C9H6Cl2O4. The lowest BCUT2D eigenvalue weighted by atomic mass is 10.1. The molecule has 0 atom stereocenters. The quantitative estimate of drug-likeness (QED) is 0.659. The number of carbonyl (C=O) groups is 2. The predicted octanol–water partition coefficient (Wildman–Crippen LogP) is 2.27. The Bertz CT molecular complexity index is 428.